The summed E-state index contributed by atoms with van der Waals surface area (Å²) >= 11 is 5.70. The summed E-state index contributed by atoms with van der Waals surface area (Å²) in [5.41, 5.74) is 1.67. The molecular weight excluding hydrogens is 434 g/mol. The largest absolute Gasteiger partial charge is 0.494 e. The van der Waals surface area contributed by atoms with Gasteiger partial charge >= 0.3 is 0 Å². The Morgan fingerprint density at radius 1 is 0.879 bits per heavy atom. The zero-order chi connectivity index (χ0) is 23.0. The zero-order valence-corrected chi connectivity index (χ0v) is 19.2. The maximum absolute atomic E-state index is 12.9. The fourth-order valence-corrected chi connectivity index (χ4v) is 3.69. The van der Waals surface area contributed by atoms with Crippen molar-refractivity contribution in [1.29, 1.82) is 0 Å². The molecule has 4 rings (SSSR count). The highest BCUT2D eigenvalue weighted by Crippen LogP contribution is 2.16. The van der Waals surface area contributed by atoms with E-state index in [0.717, 1.165) is 17.1 Å². The summed E-state index contributed by atoms with van der Waals surface area (Å²) in [6, 6.07) is 26.7. The standard InChI is InChI=1S/C26H25N3O3S/c1-2-31-23-15-13-21(14-16-23)24(30)18-29-26(33)28(17-20-9-5-3-6-10-20)25(27-29)19-32-22-11-7-4-8-12-22/h3-16H,2,17-19H2,1H3. The molecule has 0 amide bonds. The van der Waals surface area contributed by atoms with Gasteiger partial charge < -0.3 is 9.47 Å². The molecule has 6 nitrogen and oxygen atoms in total. The van der Waals surface area contributed by atoms with E-state index in [1.54, 1.807) is 28.9 Å². The molecule has 3 aromatic carbocycles. The molecule has 0 aliphatic heterocycles. The van der Waals surface area contributed by atoms with Crippen molar-refractivity contribution in [2.45, 2.75) is 26.6 Å². The molecule has 0 bridgehead atoms. The number of hydrogen-bond acceptors (Lipinski definition) is 5. The van der Waals surface area contributed by atoms with Gasteiger partial charge in [-0.15, -0.1) is 0 Å². The number of para-hydroxylation sites is 1. The number of aromatic nitrogens is 3. The van der Waals surface area contributed by atoms with Crippen LogP contribution in [0.15, 0.2) is 84.9 Å². The molecule has 0 aliphatic carbocycles. The molecule has 0 saturated carbocycles. The predicted octanol–water partition coefficient (Wildman–Crippen LogP) is 5.32. The third-order valence-corrected chi connectivity index (χ3v) is 5.51. The second-order valence-corrected chi connectivity index (χ2v) is 7.78. The smallest absolute Gasteiger partial charge is 0.198 e. The zero-order valence-electron chi connectivity index (χ0n) is 18.4. The molecule has 4 aromatic rings. The first-order valence-electron chi connectivity index (χ1n) is 10.8. The lowest BCUT2D eigenvalue weighted by atomic mass is 10.1. The second kappa shape index (κ2) is 10.7. The molecule has 1 heterocycles. The Balaban J connectivity index is 1.57. The summed E-state index contributed by atoms with van der Waals surface area (Å²) in [5.74, 6) is 2.06. The minimum atomic E-state index is -0.0750. The van der Waals surface area contributed by atoms with Gasteiger partial charge in [-0.2, -0.15) is 5.10 Å². The van der Waals surface area contributed by atoms with E-state index in [-0.39, 0.29) is 18.9 Å². The monoisotopic (exact) mass is 459 g/mol. The lowest BCUT2D eigenvalue weighted by molar-refractivity contribution is 0.0966. The van der Waals surface area contributed by atoms with Crippen LogP contribution < -0.4 is 9.47 Å². The van der Waals surface area contributed by atoms with Crippen molar-refractivity contribution in [2.24, 2.45) is 0 Å². The number of carbonyl (C=O) groups excluding carboxylic acids is 1. The number of Topliss-reactive ketones (excluding diaryl/α,β-unsaturated/α-hetero) is 1. The highest BCUT2D eigenvalue weighted by Gasteiger charge is 2.16. The SMILES string of the molecule is CCOc1ccc(C(=O)Cn2nc(COc3ccccc3)n(Cc3ccccc3)c2=S)cc1. The number of ketones is 1. The van der Waals surface area contributed by atoms with E-state index >= 15 is 0 Å². The van der Waals surface area contributed by atoms with Crippen molar-refractivity contribution in [2.75, 3.05) is 6.61 Å². The maximum Gasteiger partial charge on any atom is 0.198 e. The number of hydrogen-bond donors (Lipinski definition) is 0. The first-order chi connectivity index (χ1) is 16.1. The van der Waals surface area contributed by atoms with Gasteiger partial charge in [0.1, 0.15) is 24.7 Å². The van der Waals surface area contributed by atoms with Crippen LogP contribution in [0.5, 0.6) is 11.5 Å². The van der Waals surface area contributed by atoms with Crippen LogP contribution in [0.1, 0.15) is 28.7 Å². The summed E-state index contributed by atoms with van der Waals surface area (Å²) in [4.78, 5) is 12.9. The minimum Gasteiger partial charge on any atom is -0.494 e. The van der Waals surface area contributed by atoms with Crippen LogP contribution in [0.25, 0.3) is 0 Å². The Kier molecular flexibility index (Phi) is 7.32. The van der Waals surface area contributed by atoms with Gasteiger partial charge in [0, 0.05) is 5.56 Å². The van der Waals surface area contributed by atoms with Gasteiger partial charge in [0.2, 0.25) is 0 Å². The number of carbonyl (C=O) groups is 1. The minimum absolute atomic E-state index is 0.0486. The number of benzene rings is 3. The van der Waals surface area contributed by atoms with Gasteiger partial charge in [-0.05, 0) is 61.1 Å². The molecule has 0 saturated heterocycles. The van der Waals surface area contributed by atoms with Gasteiger partial charge in [-0.3, -0.25) is 9.36 Å². The van der Waals surface area contributed by atoms with Crippen molar-refractivity contribution in [3.8, 4) is 11.5 Å². The van der Waals surface area contributed by atoms with E-state index in [0.29, 0.717) is 29.3 Å². The van der Waals surface area contributed by atoms with Crippen LogP contribution >= 0.6 is 12.2 Å². The van der Waals surface area contributed by atoms with E-state index in [1.807, 2.05) is 72.2 Å². The molecule has 168 valence electrons. The molecule has 0 radical (unpaired) electrons. The van der Waals surface area contributed by atoms with Gasteiger partial charge in [0.15, 0.2) is 16.4 Å². The van der Waals surface area contributed by atoms with Gasteiger partial charge in [-0.25, -0.2) is 4.68 Å². The third-order valence-electron chi connectivity index (χ3n) is 5.07. The summed E-state index contributed by atoms with van der Waals surface area (Å²) in [6.07, 6.45) is 0. The van der Waals surface area contributed by atoms with Crippen molar-refractivity contribution in [1.82, 2.24) is 14.3 Å². The third kappa shape index (κ3) is 5.75. The van der Waals surface area contributed by atoms with Crippen LogP contribution in [-0.4, -0.2) is 26.7 Å². The summed E-state index contributed by atoms with van der Waals surface area (Å²) in [5, 5.41) is 4.64. The Bertz CT molecular complexity index is 1250. The number of rotatable bonds is 10. The molecular formula is C26H25N3O3S. The molecule has 0 fully saturated rings. The van der Waals surface area contributed by atoms with Crippen molar-refractivity contribution >= 4 is 18.0 Å². The molecule has 1 aromatic heterocycles. The van der Waals surface area contributed by atoms with E-state index in [1.165, 1.54) is 0 Å². The van der Waals surface area contributed by atoms with Crippen LogP contribution in [0, 0.1) is 4.77 Å². The van der Waals surface area contributed by atoms with E-state index < -0.39 is 0 Å². The van der Waals surface area contributed by atoms with Gasteiger partial charge in [-0.1, -0.05) is 48.5 Å². The highest BCUT2D eigenvalue weighted by molar-refractivity contribution is 7.71. The highest BCUT2D eigenvalue weighted by atomic mass is 32.1. The van der Waals surface area contributed by atoms with E-state index in [9.17, 15) is 4.79 Å². The van der Waals surface area contributed by atoms with Crippen LogP contribution in [0.3, 0.4) is 0 Å². The van der Waals surface area contributed by atoms with Crippen LogP contribution in [0.2, 0.25) is 0 Å². The Hall–Kier alpha value is -3.71. The molecule has 0 unspecified atom stereocenters. The quantitative estimate of drug-likeness (QED) is 0.237. The predicted molar refractivity (Wildman–Crippen MR) is 129 cm³/mol. The Labute approximate surface area is 198 Å². The maximum atomic E-state index is 12.9. The average Bonchev–Trinajstić information content (AvgIpc) is 3.14. The fourth-order valence-electron chi connectivity index (χ4n) is 3.42. The summed E-state index contributed by atoms with van der Waals surface area (Å²) < 4.78 is 15.3. The average molecular weight is 460 g/mol. The Morgan fingerprint density at radius 2 is 1.52 bits per heavy atom. The molecule has 0 aliphatic rings. The van der Waals surface area contributed by atoms with E-state index in [2.05, 4.69) is 5.10 Å². The Morgan fingerprint density at radius 3 is 2.18 bits per heavy atom. The number of nitrogens with zero attached hydrogens (tertiary/aromatic N) is 3. The van der Waals surface area contributed by atoms with Crippen molar-refractivity contribution < 1.29 is 14.3 Å². The topological polar surface area (TPSA) is 58.3 Å². The molecule has 0 spiro atoms. The lowest BCUT2D eigenvalue weighted by Crippen LogP contribution is -2.12. The lowest BCUT2D eigenvalue weighted by Gasteiger charge is -2.08. The first-order valence-corrected chi connectivity index (χ1v) is 11.2. The molecule has 7 heteroatoms. The second-order valence-electron chi connectivity index (χ2n) is 7.41. The summed E-state index contributed by atoms with van der Waals surface area (Å²) in [6.45, 7) is 3.34. The van der Waals surface area contributed by atoms with Crippen LogP contribution in [-0.2, 0) is 19.7 Å². The molecule has 0 atom stereocenters. The van der Waals surface area contributed by atoms with Gasteiger partial charge in [0.25, 0.3) is 0 Å². The number of ether oxygens (including phenoxy) is 2. The summed E-state index contributed by atoms with van der Waals surface area (Å²) in [7, 11) is 0. The van der Waals surface area contributed by atoms with Gasteiger partial charge in [0.05, 0.1) is 13.2 Å². The van der Waals surface area contributed by atoms with E-state index in [4.69, 9.17) is 21.7 Å². The fraction of sp³-hybridized carbons (Fsp3) is 0.192. The molecule has 33 heavy (non-hydrogen) atoms. The normalized spacial score (nSPS) is 10.7. The molecule has 0 N–H and O–H groups in total. The first kappa shape index (κ1) is 22.5. The van der Waals surface area contributed by atoms with Crippen LogP contribution in [0.4, 0.5) is 0 Å². The van der Waals surface area contributed by atoms with Crippen molar-refractivity contribution in [3.05, 3.63) is 107 Å². The van der Waals surface area contributed by atoms with Crippen molar-refractivity contribution in [3.63, 3.8) is 0 Å².